The second-order valence-electron chi connectivity index (χ2n) is 16.3. The van der Waals surface area contributed by atoms with Gasteiger partial charge in [-0.25, -0.2) is 0 Å². The fourth-order valence-corrected chi connectivity index (χ4v) is 9.71. The van der Waals surface area contributed by atoms with Crippen molar-refractivity contribution in [3.8, 4) is 22.9 Å². The molecule has 20 heteroatoms. The van der Waals surface area contributed by atoms with E-state index in [1.165, 1.54) is 23.5 Å². The van der Waals surface area contributed by atoms with Crippen LogP contribution in [-0.4, -0.2) is 116 Å². The Hall–Kier alpha value is -7.32. The van der Waals surface area contributed by atoms with Crippen LogP contribution in [0, 0.1) is 13.8 Å². The van der Waals surface area contributed by atoms with Crippen LogP contribution in [0.15, 0.2) is 105 Å². The van der Waals surface area contributed by atoms with E-state index in [1.54, 1.807) is 14.2 Å². The molecule has 70 heavy (non-hydrogen) atoms. The van der Waals surface area contributed by atoms with Gasteiger partial charge in [-0.1, -0.05) is 24.3 Å². The molecule has 8 rings (SSSR count). The van der Waals surface area contributed by atoms with Gasteiger partial charge in [-0.05, 0) is 88.4 Å². The zero-order chi connectivity index (χ0) is 49.3. The third kappa shape index (κ3) is 11.1. The average molecular weight is 983 g/mol. The van der Waals surface area contributed by atoms with Crippen molar-refractivity contribution in [1.29, 1.82) is 0 Å². The Kier molecular flexibility index (Phi) is 15.7. The lowest BCUT2D eigenvalue weighted by atomic mass is 10.00. The number of nitrogens with one attached hydrogen (secondary N) is 4. The van der Waals surface area contributed by atoms with Crippen molar-refractivity contribution in [1.82, 2.24) is 50.8 Å². The second-order valence-corrected chi connectivity index (χ2v) is 18.4. The summed E-state index contributed by atoms with van der Waals surface area (Å²) >= 11 is 2.79. The van der Waals surface area contributed by atoms with Crippen molar-refractivity contribution in [3.05, 3.63) is 130 Å². The number of hydrogen-bond acceptors (Lipinski definition) is 14. The summed E-state index contributed by atoms with van der Waals surface area (Å²) in [5, 5.41) is 29.1. The summed E-state index contributed by atoms with van der Waals surface area (Å²) in [5.41, 5.74) is 6.30. The van der Waals surface area contributed by atoms with Crippen LogP contribution in [0.1, 0.15) is 84.3 Å². The molecule has 2 aliphatic rings. The van der Waals surface area contributed by atoms with E-state index in [1.807, 2.05) is 122 Å². The van der Waals surface area contributed by atoms with Gasteiger partial charge in [0.05, 0.1) is 61.4 Å². The third-order valence-corrected chi connectivity index (χ3v) is 13.6. The molecular weight excluding hydrogens is 929 g/mol. The lowest BCUT2D eigenvalue weighted by Crippen LogP contribution is -2.36. The number of aryl methyl sites for hydroxylation is 2. The molecule has 4 aromatic carbocycles. The SMILES string of the molecule is CCNC(=O)CC1N=C(c2ccc(SCC(=O)NCCNC(=O)CSc3ccc(C4=NC(CC(=O)NCC)c5nnc(C)n5-c5ccc(OC)cc54)cc3)cc2)c2cc(OC)ccc2-n2c(C)nnc21. The largest absolute Gasteiger partial charge is 0.497 e. The number of thioether (sulfide) groups is 2. The number of fused-ring (bicyclic) bond motifs is 6. The highest BCUT2D eigenvalue weighted by molar-refractivity contribution is 8.00. The number of carbonyl (C=O) groups excluding carboxylic acids is 4. The third-order valence-electron chi connectivity index (χ3n) is 11.5. The van der Waals surface area contributed by atoms with Crippen LogP contribution in [0.4, 0.5) is 0 Å². The Balaban J connectivity index is 0.839. The fourth-order valence-electron chi connectivity index (χ4n) is 8.25. The van der Waals surface area contributed by atoms with Crippen LogP contribution >= 0.6 is 23.5 Å². The molecule has 0 aliphatic carbocycles. The first-order valence-electron chi connectivity index (χ1n) is 22.9. The molecule has 18 nitrogen and oxygen atoms in total. The minimum Gasteiger partial charge on any atom is -0.497 e. The first-order valence-corrected chi connectivity index (χ1v) is 24.9. The van der Waals surface area contributed by atoms with E-state index < -0.39 is 12.1 Å². The van der Waals surface area contributed by atoms with Crippen molar-refractivity contribution in [3.63, 3.8) is 0 Å². The predicted octanol–water partition coefficient (Wildman–Crippen LogP) is 5.44. The highest BCUT2D eigenvalue weighted by Gasteiger charge is 2.32. The van der Waals surface area contributed by atoms with Gasteiger partial charge in [0.1, 0.15) is 35.2 Å². The minimum absolute atomic E-state index is 0.102. The van der Waals surface area contributed by atoms with E-state index in [4.69, 9.17) is 19.5 Å². The van der Waals surface area contributed by atoms with Gasteiger partial charge in [0.25, 0.3) is 0 Å². The highest BCUT2D eigenvalue weighted by atomic mass is 32.2. The molecule has 2 atom stereocenters. The number of ether oxygens (including phenoxy) is 2. The van der Waals surface area contributed by atoms with Crippen LogP contribution < -0.4 is 30.7 Å². The van der Waals surface area contributed by atoms with Crippen LogP contribution in [0.5, 0.6) is 11.5 Å². The summed E-state index contributed by atoms with van der Waals surface area (Å²) in [6, 6.07) is 25.9. The fraction of sp³-hybridized carbons (Fsp3) is 0.320. The second kappa shape index (κ2) is 22.4. The summed E-state index contributed by atoms with van der Waals surface area (Å²) in [6.45, 7) is 9.06. The Morgan fingerprint density at radius 3 is 1.31 bits per heavy atom. The van der Waals surface area contributed by atoms with Gasteiger partial charge < -0.3 is 30.7 Å². The van der Waals surface area contributed by atoms with Gasteiger partial charge in [-0.2, -0.15) is 0 Å². The molecule has 6 aromatic rings. The standard InChI is InChI=1S/C50H54N12O6S2/c1-7-51-43(63)25-39-49-59-57-29(3)61(49)41-19-13-33(67-5)23-37(41)47(55-39)31-9-15-35(16-10-31)69-27-45(65)53-21-22-54-46(66)28-70-36-17-11-32(12-18-36)48-38-24-34(68-6)14-20-42(38)62-30(4)58-60-50(62)40(56-48)26-44(64)52-8-2/h9-20,23-24,39-40H,7-8,21-22,25-28H2,1-6H3,(H,51,63)(H,52,64)(H,53,65)(H,54,66). The van der Waals surface area contributed by atoms with Crippen molar-refractivity contribution < 1.29 is 28.7 Å². The molecule has 4 N–H and O–H groups in total. The first kappa shape index (κ1) is 49.1. The molecule has 0 saturated heterocycles. The van der Waals surface area contributed by atoms with Gasteiger partial charge in [-0.15, -0.1) is 43.9 Å². The molecule has 0 bridgehead atoms. The number of methoxy groups -OCH3 is 2. The maximum Gasteiger partial charge on any atom is 0.230 e. The Bertz CT molecular complexity index is 2770. The van der Waals surface area contributed by atoms with Crippen molar-refractivity contribution in [2.24, 2.45) is 9.98 Å². The number of amides is 4. The molecule has 362 valence electrons. The van der Waals surface area contributed by atoms with E-state index >= 15 is 0 Å². The van der Waals surface area contributed by atoms with Gasteiger partial charge in [-0.3, -0.25) is 38.3 Å². The number of rotatable bonds is 19. The Morgan fingerprint density at radius 2 is 0.943 bits per heavy atom. The number of hydrogen-bond donors (Lipinski definition) is 4. The van der Waals surface area contributed by atoms with E-state index in [2.05, 4.69) is 41.7 Å². The van der Waals surface area contributed by atoms with Gasteiger partial charge >= 0.3 is 0 Å². The minimum atomic E-state index is -0.585. The monoisotopic (exact) mass is 982 g/mol. The zero-order valence-electron chi connectivity index (χ0n) is 39.7. The average Bonchev–Trinajstić information content (AvgIpc) is 3.87. The molecule has 2 aromatic heterocycles. The summed E-state index contributed by atoms with van der Waals surface area (Å²) in [7, 11) is 3.22. The molecule has 2 aliphatic heterocycles. The molecule has 0 saturated carbocycles. The molecule has 0 spiro atoms. The topological polar surface area (TPSA) is 221 Å². The lowest BCUT2D eigenvalue weighted by molar-refractivity contribution is -0.122. The quantitative estimate of drug-likeness (QED) is 0.0590. The zero-order valence-corrected chi connectivity index (χ0v) is 41.4. The van der Waals surface area contributed by atoms with E-state index in [0.29, 0.717) is 59.3 Å². The molecule has 2 unspecified atom stereocenters. The number of benzene rings is 4. The Labute approximate surface area is 413 Å². The molecule has 4 amide bonds. The molecule has 0 radical (unpaired) electrons. The van der Waals surface area contributed by atoms with Gasteiger partial charge in [0.15, 0.2) is 11.6 Å². The van der Waals surface area contributed by atoms with E-state index in [-0.39, 0.29) is 61.1 Å². The van der Waals surface area contributed by atoms with Crippen molar-refractivity contribution >= 4 is 58.6 Å². The number of carbonyl (C=O) groups is 4. The maximum atomic E-state index is 12.8. The highest BCUT2D eigenvalue weighted by Crippen LogP contribution is 2.37. The van der Waals surface area contributed by atoms with Crippen LogP contribution in [0.3, 0.4) is 0 Å². The number of aromatic nitrogens is 6. The van der Waals surface area contributed by atoms with E-state index in [0.717, 1.165) is 43.4 Å². The Morgan fingerprint density at radius 1 is 0.543 bits per heavy atom. The van der Waals surface area contributed by atoms with Crippen molar-refractivity contribution in [2.45, 2.75) is 62.4 Å². The summed E-state index contributed by atoms with van der Waals surface area (Å²) in [5.74, 6) is 3.60. The number of nitrogens with zero attached hydrogens (tertiary/aromatic N) is 8. The molecular formula is C50H54N12O6S2. The molecule has 4 heterocycles. The van der Waals surface area contributed by atoms with Crippen LogP contribution in [0.2, 0.25) is 0 Å². The summed E-state index contributed by atoms with van der Waals surface area (Å²) in [4.78, 5) is 63.4. The lowest BCUT2D eigenvalue weighted by Gasteiger charge is -2.14. The van der Waals surface area contributed by atoms with Crippen molar-refractivity contribution in [2.75, 3.05) is 51.9 Å². The van der Waals surface area contributed by atoms with Crippen LogP contribution in [-0.2, 0) is 19.2 Å². The maximum absolute atomic E-state index is 12.8. The first-order chi connectivity index (χ1) is 34.0. The summed E-state index contributed by atoms with van der Waals surface area (Å²) < 4.78 is 15.1. The molecule has 0 fully saturated rings. The van der Waals surface area contributed by atoms with Gasteiger partial charge in [0, 0.05) is 58.2 Å². The van der Waals surface area contributed by atoms with Gasteiger partial charge in [0.2, 0.25) is 23.6 Å². The number of aliphatic imine (C=N–C) groups is 2. The normalized spacial score (nSPS) is 14.5. The predicted molar refractivity (Wildman–Crippen MR) is 269 cm³/mol. The smallest absolute Gasteiger partial charge is 0.230 e. The summed E-state index contributed by atoms with van der Waals surface area (Å²) in [6.07, 6.45) is 0.203. The van der Waals surface area contributed by atoms with E-state index in [9.17, 15) is 19.2 Å². The van der Waals surface area contributed by atoms with Crippen LogP contribution in [0.25, 0.3) is 11.4 Å².